The van der Waals surface area contributed by atoms with Gasteiger partial charge < -0.3 is 10.1 Å². The smallest absolute Gasteiger partial charge is 0.419 e. The lowest BCUT2D eigenvalue weighted by atomic mass is 10.1. The average molecular weight is 249 g/mol. The van der Waals surface area contributed by atoms with Crippen LogP contribution in [0.25, 0.3) is 0 Å². The molecule has 1 amide bonds. The predicted octanol–water partition coefficient (Wildman–Crippen LogP) is 2.63. The Labute approximate surface area is 93.4 Å². The van der Waals surface area contributed by atoms with E-state index in [4.69, 9.17) is 4.74 Å². The second-order valence-corrected chi connectivity index (χ2v) is 3.51. The van der Waals surface area contributed by atoms with Crippen LogP contribution in [0.3, 0.4) is 0 Å². The van der Waals surface area contributed by atoms with Gasteiger partial charge in [0.2, 0.25) is 0 Å². The second-order valence-electron chi connectivity index (χ2n) is 3.51. The van der Waals surface area contributed by atoms with E-state index >= 15 is 0 Å². The van der Waals surface area contributed by atoms with Crippen LogP contribution in [0.1, 0.15) is 17.2 Å². The Bertz CT molecular complexity index is 458. The van der Waals surface area contributed by atoms with E-state index in [0.29, 0.717) is 6.07 Å². The van der Waals surface area contributed by atoms with E-state index in [1.165, 1.54) is 0 Å². The van der Waals surface area contributed by atoms with Crippen molar-refractivity contribution in [2.75, 3.05) is 6.54 Å². The van der Waals surface area contributed by atoms with Crippen molar-refractivity contribution in [3.63, 3.8) is 0 Å². The SMILES string of the molecule is O=C1NCC(c2ccc(C(F)(F)F)c(F)c2)O1. The van der Waals surface area contributed by atoms with Crippen LogP contribution < -0.4 is 5.32 Å². The summed E-state index contributed by atoms with van der Waals surface area (Å²) in [7, 11) is 0. The molecule has 7 heteroatoms. The molecular weight excluding hydrogens is 242 g/mol. The van der Waals surface area contributed by atoms with Crippen molar-refractivity contribution in [3.8, 4) is 0 Å². The van der Waals surface area contributed by atoms with E-state index in [0.717, 1.165) is 12.1 Å². The molecule has 1 saturated heterocycles. The number of alkyl halides is 3. The van der Waals surface area contributed by atoms with E-state index in [1.54, 1.807) is 0 Å². The molecule has 0 bridgehead atoms. The first kappa shape index (κ1) is 11.7. The standard InChI is InChI=1S/C10H7F4NO2/c11-7-3-5(8-4-15-9(16)17-8)1-2-6(7)10(12,13)14/h1-3,8H,4H2,(H,15,16). The maximum atomic E-state index is 13.2. The first-order valence-electron chi connectivity index (χ1n) is 4.69. The number of alkyl carbamates (subject to hydrolysis) is 1. The molecule has 1 unspecified atom stereocenters. The predicted molar refractivity (Wildman–Crippen MR) is 48.6 cm³/mol. The van der Waals surface area contributed by atoms with E-state index < -0.39 is 29.8 Å². The molecule has 1 atom stereocenters. The number of rotatable bonds is 1. The van der Waals surface area contributed by atoms with Crippen molar-refractivity contribution in [3.05, 3.63) is 35.1 Å². The molecule has 1 aromatic rings. The quantitative estimate of drug-likeness (QED) is 0.777. The minimum Gasteiger partial charge on any atom is -0.439 e. The van der Waals surface area contributed by atoms with Crippen molar-refractivity contribution in [2.45, 2.75) is 12.3 Å². The molecule has 0 aromatic heterocycles. The molecule has 17 heavy (non-hydrogen) atoms. The van der Waals surface area contributed by atoms with Crippen LogP contribution in [0.5, 0.6) is 0 Å². The van der Waals surface area contributed by atoms with Gasteiger partial charge in [-0.15, -0.1) is 0 Å². The van der Waals surface area contributed by atoms with Gasteiger partial charge in [-0.2, -0.15) is 13.2 Å². The van der Waals surface area contributed by atoms with E-state index in [9.17, 15) is 22.4 Å². The fourth-order valence-corrected chi connectivity index (χ4v) is 1.54. The molecule has 1 aliphatic heterocycles. The zero-order valence-electron chi connectivity index (χ0n) is 8.34. The van der Waals surface area contributed by atoms with Crippen molar-refractivity contribution < 1.29 is 27.1 Å². The summed E-state index contributed by atoms with van der Waals surface area (Å²) >= 11 is 0. The van der Waals surface area contributed by atoms with Crippen LogP contribution in [-0.2, 0) is 10.9 Å². The van der Waals surface area contributed by atoms with Gasteiger partial charge in [-0.1, -0.05) is 6.07 Å². The zero-order chi connectivity index (χ0) is 12.6. The number of carbonyl (C=O) groups is 1. The molecule has 3 nitrogen and oxygen atoms in total. The van der Waals surface area contributed by atoms with Crippen LogP contribution in [0.2, 0.25) is 0 Å². The van der Waals surface area contributed by atoms with Gasteiger partial charge in [0, 0.05) is 0 Å². The molecule has 0 radical (unpaired) electrons. The minimum atomic E-state index is -4.73. The Morgan fingerprint density at radius 3 is 2.53 bits per heavy atom. The van der Waals surface area contributed by atoms with Gasteiger partial charge in [0.15, 0.2) is 0 Å². The van der Waals surface area contributed by atoms with E-state index in [-0.39, 0.29) is 12.1 Å². The number of hydrogen-bond donors (Lipinski definition) is 1. The highest BCUT2D eigenvalue weighted by Gasteiger charge is 2.35. The van der Waals surface area contributed by atoms with Crippen LogP contribution in [-0.4, -0.2) is 12.6 Å². The monoisotopic (exact) mass is 249 g/mol. The van der Waals surface area contributed by atoms with Gasteiger partial charge in [0.1, 0.15) is 11.9 Å². The Morgan fingerprint density at radius 1 is 1.35 bits per heavy atom. The number of amides is 1. The molecule has 0 aliphatic carbocycles. The molecule has 1 aliphatic rings. The largest absolute Gasteiger partial charge is 0.439 e. The molecular formula is C10H7F4NO2. The first-order valence-corrected chi connectivity index (χ1v) is 4.69. The van der Waals surface area contributed by atoms with E-state index in [2.05, 4.69) is 5.32 Å². The van der Waals surface area contributed by atoms with Crippen LogP contribution in [0.4, 0.5) is 22.4 Å². The third kappa shape index (κ3) is 2.32. The number of cyclic esters (lactones) is 1. The van der Waals surface area contributed by atoms with Crippen molar-refractivity contribution >= 4 is 6.09 Å². The lowest BCUT2D eigenvalue weighted by Crippen LogP contribution is -2.12. The zero-order valence-corrected chi connectivity index (χ0v) is 8.34. The molecule has 2 rings (SSSR count). The van der Waals surface area contributed by atoms with Gasteiger partial charge in [-0.05, 0) is 17.7 Å². The average Bonchev–Trinajstić information content (AvgIpc) is 2.62. The lowest BCUT2D eigenvalue weighted by molar-refractivity contribution is -0.140. The molecule has 92 valence electrons. The Morgan fingerprint density at radius 2 is 2.06 bits per heavy atom. The Kier molecular flexibility index (Phi) is 2.68. The van der Waals surface area contributed by atoms with Crippen LogP contribution in [0.15, 0.2) is 18.2 Å². The Balaban J connectivity index is 2.28. The number of nitrogens with one attached hydrogen (secondary N) is 1. The summed E-state index contributed by atoms with van der Waals surface area (Å²) < 4.78 is 54.8. The van der Waals surface area contributed by atoms with E-state index in [1.807, 2.05) is 0 Å². The highest BCUT2D eigenvalue weighted by Crippen LogP contribution is 2.33. The maximum Gasteiger partial charge on any atom is 0.419 e. The highest BCUT2D eigenvalue weighted by atomic mass is 19.4. The number of ether oxygens (including phenoxy) is 1. The minimum absolute atomic E-state index is 0.115. The maximum absolute atomic E-state index is 13.2. The second kappa shape index (κ2) is 3.90. The first-order chi connectivity index (χ1) is 7.88. The highest BCUT2D eigenvalue weighted by molar-refractivity contribution is 5.69. The number of hydrogen-bond acceptors (Lipinski definition) is 2. The normalized spacial score (nSPS) is 20.0. The molecule has 0 saturated carbocycles. The Hall–Kier alpha value is -1.79. The van der Waals surface area contributed by atoms with Crippen molar-refractivity contribution in [2.24, 2.45) is 0 Å². The van der Waals surface area contributed by atoms with Gasteiger partial charge in [0.25, 0.3) is 0 Å². The third-order valence-electron chi connectivity index (χ3n) is 2.35. The van der Waals surface area contributed by atoms with Gasteiger partial charge in [0.05, 0.1) is 12.1 Å². The third-order valence-corrected chi connectivity index (χ3v) is 2.35. The molecule has 0 spiro atoms. The summed E-state index contributed by atoms with van der Waals surface area (Å²) in [4.78, 5) is 10.7. The summed E-state index contributed by atoms with van der Waals surface area (Å²) in [5.41, 5.74) is -1.15. The van der Waals surface area contributed by atoms with Gasteiger partial charge in [-0.3, -0.25) is 0 Å². The topological polar surface area (TPSA) is 38.3 Å². The van der Waals surface area contributed by atoms with Gasteiger partial charge >= 0.3 is 12.3 Å². The summed E-state index contributed by atoms with van der Waals surface area (Å²) in [6, 6.07) is 2.46. The molecule has 1 N–H and O–H groups in total. The molecule has 1 fully saturated rings. The fraction of sp³-hybridized carbons (Fsp3) is 0.300. The number of halogens is 4. The lowest BCUT2D eigenvalue weighted by Gasteiger charge is -2.12. The van der Waals surface area contributed by atoms with Crippen molar-refractivity contribution in [1.29, 1.82) is 0 Å². The van der Waals surface area contributed by atoms with Crippen LogP contribution in [0, 0.1) is 5.82 Å². The molecule has 1 heterocycles. The number of carbonyl (C=O) groups excluding carboxylic acids is 1. The fourth-order valence-electron chi connectivity index (χ4n) is 1.54. The molecule has 1 aromatic carbocycles. The number of benzene rings is 1. The summed E-state index contributed by atoms with van der Waals surface area (Å²) in [5.74, 6) is -1.38. The van der Waals surface area contributed by atoms with Crippen molar-refractivity contribution in [1.82, 2.24) is 5.32 Å². The summed E-state index contributed by atoms with van der Waals surface area (Å²) in [6.07, 6.45) is -6.15. The van der Waals surface area contributed by atoms with Crippen LogP contribution >= 0.6 is 0 Å². The van der Waals surface area contributed by atoms with Gasteiger partial charge in [-0.25, -0.2) is 9.18 Å². The summed E-state index contributed by atoms with van der Waals surface area (Å²) in [6.45, 7) is 0.115. The summed E-state index contributed by atoms with van der Waals surface area (Å²) in [5, 5.41) is 2.33.